The van der Waals surface area contributed by atoms with E-state index in [-0.39, 0.29) is 11.4 Å². The Kier molecular flexibility index (Phi) is 2.66. The Morgan fingerprint density at radius 1 is 1.25 bits per heavy atom. The second kappa shape index (κ2) is 3.71. The van der Waals surface area contributed by atoms with Crippen molar-refractivity contribution >= 4 is 17.3 Å². The summed E-state index contributed by atoms with van der Waals surface area (Å²) in [5.74, 6) is -1.00. The van der Waals surface area contributed by atoms with Crippen molar-refractivity contribution in [3.05, 3.63) is 33.9 Å². The first-order chi connectivity index (χ1) is 9.03. The number of carboxylic acid groups (broad SMARTS) is 1. The second-order valence-electron chi connectivity index (χ2n) is 6.30. The highest BCUT2D eigenvalue weighted by atomic mass is 16.6. The highest BCUT2D eigenvalue weighted by Gasteiger charge is 2.82. The minimum Gasteiger partial charge on any atom is -0.481 e. The lowest BCUT2D eigenvalue weighted by Crippen LogP contribution is -2.29. The Hall–Kier alpha value is -2.11. The molecule has 6 nitrogen and oxygen atoms in total. The molecule has 0 bridgehead atoms. The standard InChI is InChI=1S/C14H18N2O4/c1-12(2)13(3,4)14(12,11(17)18)8-6-5-7-9(10(8)15)16(19)20/h5-7H,15H2,1-4H3,(H,17,18). The van der Waals surface area contributed by atoms with Gasteiger partial charge in [-0.2, -0.15) is 0 Å². The van der Waals surface area contributed by atoms with Gasteiger partial charge >= 0.3 is 5.97 Å². The van der Waals surface area contributed by atoms with Gasteiger partial charge in [-0.25, -0.2) is 0 Å². The molecule has 108 valence electrons. The van der Waals surface area contributed by atoms with Gasteiger partial charge in [-0.1, -0.05) is 39.8 Å². The number of rotatable bonds is 3. The Bertz CT molecular complexity index is 606. The van der Waals surface area contributed by atoms with Crippen molar-refractivity contribution in [3.8, 4) is 0 Å². The smallest absolute Gasteiger partial charge is 0.315 e. The number of hydrogen-bond acceptors (Lipinski definition) is 4. The zero-order chi connectivity index (χ0) is 15.5. The number of hydrogen-bond donors (Lipinski definition) is 2. The van der Waals surface area contributed by atoms with Gasteiger partial charge in [0.05, 0.1) is 4.92 Å². The van der Waals surface area contributed by atoms with Gasteiger partial charge in [0.1, 0.15) is 11.1 Å². The van der Waals surface area contributed by atoms with E-state index in [1.54, 1.807) is 6.07 Å². The molecule has 3 N–H and O–H groups in total. The van der Waals surface area contributed by atoms with Gasteiger partial charge in [0.2, 0.25) is 0 Å². The van der Waals surface area contributed by atoms with Crippen molar-refractivity contribution in [3.63, 3.8) is 0 Å². The van der Waals surface area contributed by atoms with Gasteiger partial charge in [0.15, 0.2) is 0 Å². The normalized spacial score (nSPS) is 21.2. The molecule has 1 aliphatic rings. The van der Waals surface area contributed by atoms with Crippen molar-refractivity contribution in [1.29, 1.82) is 0 Å². The lowest BCUT2D eigenvalue weighted by atomic mass is 9.84. The van der Waals surface area contributed by atoms with Crippen LogP contribution < -0.4 is 5.73 Å². The van der Waals surface area contributed by atoms with Crippen LogP contribution >= 0.6 is 0 Å². The molecule has 0 aromatic heterocycles. The predicted octanol–water partition coefficient (Wildman–Crippen LogP) is 2.57. The van der Waals surface area contributed by atoms with E-state index in [0.717, 1.165) is 0 Å². The molecule has 20 heavy (non-hydrogen) atoms. The van der Waals surface area contributed by atoms with Crippen LogP contribution in [-0.2, 0) is 10.2 Å². The van der Waals surface area contributed by atoms with Crippen molar-refractivity contribution in [1.82, 2.24) is 0 Å². The SMILES string of the molecule is CC1(C)C(C)(C)C1(C(=O)O)c1cccc([N+](=O)[O-])c1N. The van der Waals surface area contributed by atoms with Crippen LogP contribution in [0.4, 0.5) is 11.4 Å². The number of carbonyl (C=O) groups is 1. The summed E-state index contributed by atoms with van der Waals surface area (Å²) >= 11 is 0. The van der Waals surface area contributed by atoms with Gasteiger partial charge in [0.25, 0.3) is 5.69 Å². The maximum absolute atomic E-state index is 11.9. The summed E-state index contributed by atoms with van der Waals surface area (Å²) in [6.45, 7) is 7.39. The van der Waals surface area contributed by atoms with Crippen LogP contribution in [0.15, 0.2) is 18.2 Å². The van der Waals surface area contributed by atoms with E-state index in [9.17, 15) is 20.0 Å². The Morgan fingerprint density at radius 3 is 2.10 bits per heavy atom. The topological polar surface area (TPSA) is 106 Å². The summed E-state index contributed by atoms with van der Waals surface area (Å²) in [5.41, 5.74) is 3.60. The predicted molar refractivity (Wildman–Crippen MR) is 74.4 cm³/mol. The average Bonchev–Trinajstić information content (AvgIpc) is 2.66. The number of nitrogens with two attached hydrogens (primary N) is 1. The fourth-order valence-electron chi connectivity index (χ4n) is 3.67. The summed E-state index contributed by atoms with van der Waals surface area (Å²) in [6, 6.07) is 4.35. The average molecular weight is 278 g/mol. The fraction of sp³-hybridized carbons (Fsp3) is 0.500. The van der Waals surface area contributed by atoms with Crippen LogP contribution in [0, 0.1) is 20.9 Å². The molecule has 1 aromatic carbocycles. The monoisotopic (exact) mass is 278 g/mol. The van der Waals surface area contributed by atoms with E-state index in [1.807, 2.05) is 27.7 Å². The highest BCUT2D eigenvalue weighted by molar-refractivity contribution is 5.92. The van der Waals surface area contributed by atoms with Gasteiger partial charge < -0.3 is 10.8 Å². The lowest BCUT2D eigenvalue weighted by molar-refractivity contribution is -0.384. The highest BCUT2D eigenvalue weighted by Crippen LogP contribution is 2.78. The van der Waals surface area contributed by atoms with E-state index in [0.29, 0.717) is 5.56 Å². The second-order valence-corrected chi connectivity index (χ2v) is 6.30. The summed E-state index contributed by atoms with van der Waals surface area (Å²) < 4.78 is 0. The van der Waals surface area contributed by atoms with Gasteiger partial charge in [-0.05, 0) is 10.8 Å². The van der Waals surface area contributed by atoms with Crippen molar-refractivity contribution < 1.29 is 14.8 Å². The van der Waals surface area contributed by atoms with Crippen LogP contribution in [0.25, 0.3) is 0 Å². The van der Waals surface area contributed by atoms with Gasteiger partial charge in [-0.3, -0.25) is 14.9 Å². The number of para-hydroxylation sites is 1. The molecule has 0 saturated heterocycles. The molecule has 2 rings (SSSR count). The van der Waals surface area contributed by atoms with Crippen LogP contribution in [0.3, 0.4) is 0 Å². The molecule has 0 heterocycles. The maximum Gasteiger partial charge on any atom is 0.315 e. The first-order valence-corrected chi connectivity index (χ1v) is 6.30. The van der Waals surface area contributed by atoms with Crippen LogP contribution in [0.2, 0.25) is 0 Å². The number of carboxylic acids is 1. The molecular weight excluding hydrogens is 260 g/mol. The minimum atomic E-state index is -1.21. The summed E-state index contributed by atoms with van der Waals surface area (Å²) in [4.78, 5) is 22.3. The first-order valence-electron chi connectivity index (χ1n) is 6.30. The number of aliphatic carboxylic acids is 1. The van der Waals surface area contributed by atoms with Crippen molar-refractivity contribution in [2.24, 2.45) is 10.8 Å². The first kappa shape index (κ1) is 14.3. The summed E-state index contributed by atoms with van der Waals surface area (Å²) in [5, 5.41) is 20.7. The number of nitrogen functional groups attached to an aromatic ring is 1. The molecule has 1 aromatic rings. The molecule has 0 aliphatic heterocycles. The number of anilines is 1. The Balaban J connectivity index is 2.76. The molecule has 0 amide bonds. The number of nitrogens with zero attached hydrogens (tertiary/aromatic N) is 1. The lowest BCUT2D eigenvalue weighted by Gasteiger charge is -2.19. The Morgan fingerprint density at radius 2 is 1.75 bits per heavy atom. The largest absolute Gasteiger partial charge is 0.481 e. The number of nitro benzene ring substituents is 1. The van der Waals surface area contributed by atoms with Crippen LogP contribution in [-0.4, -0.2) is 16.0 Å². The van der Waals surface area contributed by atoms with Gasteiger partial charge in [0, 0.05) is 11.6 Å². The zero-order valence-corrected chi connectivity index (χ0v) is 11.9. The third-order valence-electron chi connectivity index (χ3n) is 5.38. The fourth-order valence-corrected chi connectivity index (χ4v) is 3.67. The van der Waals surface area contributed by atoms with E-state index in [1.165, 1.54) is 12.1 Å². The van der Waals surface area contributed by atoms with E-state index in [4.69, 9.17) is 5.73 Å². The Labute approximate surface area is 116 Å². The van der Waals surface area contributed by atoms with E-state index < -0.39 is 27.1 Å². The van der Waals surface area contributed by atoms with Crippen LogP contribution in [0.1, 0.15) is 33.3 Å². The third-order valence-corrected chi connectivity index (χ3v) is 5.38. The maximum atomic E-state index is 11.9. The molecule has 0 spiro atoms. The molecule has 6 heteroatoms. The van der Waals surface area contributed by atoms with Crippen molar-refractivity contribution in [2.75, 3.05) is 5.73 Å². The van der Waals surface area contributed by atoms with Crippen LogP contribution in [0.5, 0.6) is 0 Å². The molecule has 1 saturated carbocycles. The molecule has 0 radical (unpaired) electrons. The quantitative estimate of drug-likeness (QED) is 0.502. The molecular formula is C14H18N2O4. The molecule has 0 unspecified atom stereocenters. The van der Waals surface area contributed by atoms with E-state index in [2.05, 4.69) is 0 Å². The van der Waals surface area contributed by atoms with E-state index >= 15 is 0 Å². The van der Waals surface area contributed by atoms with Gasteiger partial charge in [-0.15, -0.1) is 0 Å². The molecule has 1 fully saturated rings. The van der Waals surface area contributed by atoms with Crippen molar-refractivity contribution in [2.45, 2.75) is 33.1 Å². The molecule has 1 aliphatic carbocycles. The zero-order valence-electron chi connectivity index (χ0n) is 11.9. The minimum absolute atomic E-state index is 0.0569. The number of nitro groups is 1. The summed E-state index contributed by atoms with van der Waals surface area (Å²) in [6.07, 6.45) is 0. The number of benzene rings is 1. The third kappa shape index (κ3) is 1.26. The molecule has 0 atom stereocenters. The summed E-state index contributed by atoms with van der Waals surface area (Å²) in [7, 11) is 0.